The van der Waals surface area contributed by atoms with Crippen molar-refractivity contribution in [2.45, 2.75) is 0 Å². The Balaban J connectivity index is 1.07. The van der Waals surface area contributed by atoms with E-state index in [4.69, 9.17) is 19.4 Å². The fourth-order valence-corrected chi connectivity index (χ4v) is 11.2. The monoisotopic (exact) mass is 894 g/mol. The maximum Gasteiger partial charge on any atom is 0.166 e. The summed E-state index contributed by atoms with van der Waals surface area (Å²) < 4.78 is 13.7. The van der Waals surface area contributed by atoms with E-state index in [9.17, 15) is 0 Å². The number of fused-ring (bicyclic) bond motifs is 12. The molecule has 15 rings (SSSR count). The smallest absolute Gasteiger partial charge is 0.166 e. The first-order chi connectivity index (χ1) is 34.8. The van der Waals surface area contributed by atoms with Gasteiger partial charge in [0, 0.05) is 59.8 Å². The van der Waals surface area contributed by atoms with Crippen molar-refractivity contribution in [3.8, 4) is 51.2 Å². The molecule has 0 atom stereocenters. The van der Waals surface area contributed by atoms with Crippen molar-refractivity contribution in [1.29, 1.82) is 0 Å². The number of rotatable bonds is 6. The summed E-state index contributed by atoms with van der Waals surface area (Å²) in [5.74, 6) is 1.71. The Bertz CT molecular complexity index is 4500. The van der Waals surface area contributed by atoms with Crippen molar-refractivity contribution < 1.29 is 4.42 Å². The van der Waals surface area contributed by atoms with Crippen LogP contribution in [-0.2, 0) is 0 Å². The van der Waals surface area contributed by atoms with Gasteiger partial charge in [-0.25, -0.2) is 15.0 Å². The Labute approximate surface area is 400 Å². The van der Waals surface area contributed by atoms with Crippen LogP contribution in [0.15, 0.2) is 235 Å². The van der Waals surface area contributed by atoms with Crippen molar-refractivity contribution in [1.82, 2.24) is 28.7 Å². The molecule has 10 aromatic carbocycles. The molecule has 0 fully saturated rings. The van der Waals surface area contributed by atoms with E-state index in [1.807, 2.05) is 48.5 Å². The minimum Gasteiger partial charge on any atom is -0.456 e. The highest BCUT2D eigenvalue weighted by molar-refractivity contribution is 6.19. The second kappa shape index (κ2) is 15.0. The zero-order chi connectivity index (χ0) is 45.9. The lowest BCUT2D eigenvalue weighted by Gasteiger charge is -2.17. The molecule has 5 aromatic heterocycles. The second-order valence-electron chi connectivity index (χ2n) is 17.9. The lowest BCUT2D eigenvalue weighted by atomic mass is 10.1. The number of para-hydroxylation sites is 7. The Hall–Kier alpha value is -9.59. The van der Waals surface area contributed by atoms with Crippen molar-refractivity contribution in [3.05, 3.63) is 231 Å². The van der Waals surface area contributed by atoms with Gasteiger partial charge in [-0.15, -0.1) is 0 Å². The molecule has 0 N–H and O–H groups in total. The van der Waals surface area contributed by atoms with E-state index < -0.39 is 0 Å². The fraction of sp³-hybridized carbons (Fsp3) is 0. The summed E-state index contributed by atoms with van der Waals surface area (Å²) in [4.78, 5) is 16.1. The molecule has 326 valence electrons. The zero-order valence-corrected chi connectivity index (χ0v) is 37.5. The van der Waals surface area contributed by atoms with Gasteiger partial charge in [0.05, 0.1) is 50.2 Å². The minimum atomic E-state index is 0.562. The molecule has 0 radical (unpaired) electrons. The maximum atomic E-state index is 6.40. The average Bonchev–Trinajstić information content (AvgIpc) is 4.18. The molecule has 0 amide bonds. The number of hydrogen-bond donors (Lipinski definition) is 0. The average molecular weight is 895 g/mol. The van der Waals surface area contributed by atoms with Crippen LogP contribution in [0.1, 0.15) is 0 Å². The van der Waals surface area contributed by atoms with Crippen LogP contribution in [0.2, 0.25) is 0 Å². The van der Waals surface area contributed by atoms with Crippen LogP contribution in [0.3, 0.4) is 0 Å². The summed E-state index contributed by atoms with van der Waals surface area (Å²) in [6.07, 6.45) is 0. The largest absolute Gasteiger partial charge is 0.456 e. The van der Waals surface area contributed by atoms with Crippen molar-refractivity contribution in [3.63, 3.8) is 0 Å². The van der Waals surface area contributed by atoms with Crippen LogP contribution >= 0.6 is 0 Å². The minimum absolute atomic E-state index is 0.562. The predicted octanol–water partition coefficient (Wildman–Crippen LogP) is 16.1. The van der Waals surface area contributed by atoms with Gasteiger partial charge in [0.25, 0.3) is 0 Å². The van der Waals surface area contributed by atoms with Gasteiger partial charge in [0.2, 0.25) is 0 Å². The Morgan fingerprint density at radius 2 is 0.714 bits per heavy atom. The van der Waals surface area contributed by atoms with Gasteiger partial charge in [-0.05, 0) is 66.7 Å². The highest BCUT2D eigenvalue weighted by Gasteiger charge is 2.26. The molecule has 0 aliphatic carbocycles. The Kier molecular flexibility index (Phi) is 8.23. The van der Waals surface area contributed by atoms with Gasteiger partial charge in [-0.3, -0.25) is 0 Å². The van der Waals surface area contributed by atoms with Crippen LogP contribution in [0.5, 0.6) is 0 Å². The molecular formula is C63H38N6O. The number of hydrogen-bond acceptors (Lipinski definition) is 4. The second-order valence-corrected chi connectivity index (χ2v) is 17.9. The third-order valence-corrected chi connectivity index (χ3v) is 14.1. The molecule has 0 unspecified atom stereocenters. The SMILES string of the molecule is c1ccc(-c2nc(-c3ccccc3-n3c4cccc(-n5c6ccccc6c6ccccc65)c4c4cccc(-n5c6ccccc6c6ccccc65)c43)nc(-c3cccc4oc5ccccc5c34)n2)cc1. The number of aromatic nitrogens is 6. The van der Waals surface area contributed by atoms with E-state index in [1.165, 1.54) is 21.5 Å². The molecule has 15 aromatic rings. The third-order valence-electron chi connectivity index (χ3n) is 14.1. The summed E-state index contributed by atoms with van der Waals surface area (Å²) in [6, 6.07) is 81.5. The first-order valence-corrected chi connectivity index (χ1v) is 23.6. The molecule has 70 heavy (non-hydrogen) atoms. The van der Waals surface area contributed by atoms with E-state index in [2.05, 4.69) is 196 Å². The van der Waals surface area contributed by atoms with E-state index in [0.717, 1.165) is 99.6 Å². The standard InChI is InChI=1S/C63H38N6O/c1-2-19-39(20-3-1)61-64-62(66-63(65-61)47-28-17-38-57-58(47)45-26-9-15-37-56(45)70-57)44-25-8-14-33-52(44)69-54-35-18-34-53(67-48-29-10-4-21-40(48)41-22-5-11-30-49(41)67)59(54)46-27-16-36-55(60(46)69)68-50-31-12-6-23-42(50)43-24-7-13-32-51(43)68/h1-38H. The predicted molar refractivity (Wildman–Crippen MR) is 286 cm³/mol. The molecule has 0 aliphatic rings. The maximum absolute atomic E-state index is 6.40. The van der Waals surface area contributed by atoms with Crippen LogP contribution < -0.4 is 0 Å². The summed E-state index contributed by atoms with van der Waals surface area (Å²) in [6.45, 7) is 0. The van der Waals surface area contributed by atoms with Gasteiger partial charge in [0.1, 0.15) is 11.2 Å². The molecule has 5 heterocycles. The number of furan rings is 1. The van der Waals surface area contributed by atoms with Crippen molar-refractivity contribution >= 4 is 87.4 Å². The lowest BCUT2D eigenvalue weighted by Crippen LogP contribution is -2.05. The Morgan fingerprint density at radius 3 is 1.40 bits per heavy atom. The van der Waals surface area contributed by atoms with Crippen LogP contribution in [0.25, 0.3) is 139 Å². The topological polar surface area (TPSA) is 66.6 Å². The molecule has 7 nitrogen and oxygen atoms in total. The van der Waals surface area contributed by atoms with Gasteiger partial charge in [-0.1, -0.05) is 164 Å². The molecule has 0 spiro atoms. The van der Waals surface area contributed by atoms with Crippen LogP contribution in [0, 0.1) is 0 Å². The van der Waals surface area contributed by atoms with E-state index in [1.54, 1.807) is 0 Å². The lowest BCUT2D eigenvalue weighted by molar-refractivity contribution is 0.669. The van der Waals surface area contributed by atoms with Crippen molar-refractivity contribution in [2.75, 3.05) is 0 Å². The van der Waals surface area contributed by atoms with Crippen LogP contribution in [-0.4, -0.2) is 28.7 Å². The molecule has 0 saturated heterocycles. The summed E-state index contributed by atoms with van der Waals surface area (Å²) in [5.41, 5.74) is 14.1. The zero-order valence-electron chi connectivity index (χ0n) is 37.5. The Morgan fingerprint density at radius 1 is 0.271 bits per heavy atom. The summed E-state index contributed by atoms with van der Waals surface area (Å²) in [7, 11) is 0. The molecule has 0 saturated carbocycles. The van der Waals surface area contributed by atoms with Gasteiger partial charge >= 0.3 is 0 Å². The normalized spacial score (nSPS) is 12.0. The number of nitrogens with zero attached hydrogens (tertiary/aromatic N) is 6. The highest BCUT2D eigenvalue weighted by Crippen LogP contribution is 2.45. The van der Waals surface area contributed by atoms with Crippen molar-refractivity contribution in [2.24, 2.45) is 0 Å². The summed E-state index contributed by atoms with van der Waals surface area (Å²) in [5, 5.41) is 9.09. The molecular weight excluding hydrogens is 857 g/mol. The van der Waals surface area contributed by atoms with Gasteiger partial charge < -0.3 is 18.1 Å². The first kappa shape index (κ1) is 38.5. The first-order valence-electron chi connectivity index (χ1n) is 23.6. The summed E-state index contributed by atoms with van der Waals surface area (Å²) >= 11 is 0. The quantitative estimate of drug-likeness (QED) is 0.167. The molecule has 0 aliphatic heterocycles. The van der Waals surface area contributed by atoms with Gasteiger partial charge in [-0.2, -0.15) is 0 Å². The van der Waals surface area contributed by atoms with E-state index in [-0.39, 0.29) is 0 Å². The van der Waals surface area contributed by atoms with Gasteiger partial charge in [0.15, 0.2) is 17.5 Å². The highest BCUT2D eigenvalue weighted by atomic mass is 16.3. The van der Waals surface area contributed by atoms with Crippen LogP contribution in [0.4, 0.5) is 0 Å². The molecule has 7 heteroatoms. The number of benzene rings is 10. The third kappa shape index (κ3) is 5.54. The fourth-order valence-electron chi connectivity index (χ4n) is 11.2. The van der Waals surface area contributed by atoms with E-state index in [0.29, 0.717) is 17.5 Å². The van der Waals surface area contributed by atoms with E-state index >= 15 is 0 Å². The molecule has 0 bridgehead atoms.